The summed E-state index contributed by atoms with van der Waals surface area (Å²) in [6, 6.07) is 4.95. The summed E-state index contributed by atoms with van der Waals surface area (Å²) in [6.07, 6.45) is 4.64. The van der Waals surface area contributed by atoms with Crippen LogP contribution < -0.4 is 4.90 Å². The quantitative estimate of drug-likeness (QED) is 0.787. The van der Waals surface area contributed by atoms with Crippen LogP contribution in [0.1, 0.15) is 44.3 Å². The molecule has 2 saturated heterocycles. The fourth-order valence-corrected chi connectivity index (χ4v) is 4.40. The number of nitrogens with zero attached hydrogens (tertiary/aromatic N) is 7. The van der Waals surface area contributed by atoms with Gasteiger partial charge in [0, 0.05) is 51.1 Å². The highest BCUT2D eigenvalue weighted by atomic mass is 16.2. The molecule has 3 aliphatic rings. The number of likely N-dealkylation sites (N-methyl/N-ethyl adjacent to an activating group) is 1. The van der Waals surface area contributed by atoms with Gasteiger partial charge in [-0.15, -0.1) is 15.3 Å². The minimum atomic E-state index is 0.207. The number of anilines is 1. The average Bonchev–Trinajstić information content (AvgIpc) is 3.18. The average molecular weight is 369 g/mol. The van der Waals surface area contributed by atoms with Gasteiger partial charge in [0.1, 0.15) is 5.82 Å². The van der Waals surface area contributed by atoms with Gasteiger partial charge in [0.25, 0.3) is 0 Å². The smallest absolute Gasteiger partial charge is 0.219 e. The van der Waals surface area contributed by atoms with Gasteiger partial charge in [0.15, 0.2) is 11.5 Å². The number of aromatic nitrogens is 4. The second kappa shape index (κ2) is 6.44. The van der Waals surface area contributed by atoms with Crippen molar-refractivity contribution >= 4 is 17.4 Å². The van der Waals surface area contributed by atoms with E-state index in [1.54, 1.807) is 6.92 Å². The van der Waals surface area contributed by atoms with Gasteiger partial charge in [-0.1, -0.05) is 0 Å². The molecular weight excluding hydrogens is 342 g/mol. The van der Waals surface area contributed by atoms with Crippen molar-refractivity contribution in [2.45, 2.75) is 50.6 Å². The Morgan fingerprint density at radius 3 is 2.78 bits per heavy atom. The first kappa shape index (κ1) is 16.9. The van der Waals surface area contributed by atoms with E-state index in [0.717, 1.165) is 56.3 Å². The molecule has 4 heterocycles. The second-order valence-corrected chi connectivity index (χ2v) is 8.30. The first-order valence-electron chi connectivity index (χ1n) is 10.0. The minimum Gasteiger partial charge on any atom is -0.352 e. The fraction of sp³-hybridized carbons (Fsp3) is 0.684. The van der Waals surface area contributed by atoms with E-state index < -0.39 is 0 Å². The van der Waals surface area contributed by atoms with Gasteiger partial charge in [-0.05, 0) is 44.9 Å². The predicted octanol–water partition coefficient (Wildman–Crippen LogP) is 1.13. The molecule has 3 fully saturated rings. The zero-order valence-electron chi connectivity index (χ0n) is 16.1. The van der Waals surface area contributed by atoms with Crippen LogP contribution in [0.5, 0.6) is 0 Å². The minimum absolute atomic E-state index is 0.207. The lowest BCUT2D eigenvalue weighted by atomic mass is 10.1. The number of hydrogen-bond donors (Lipinski definition) is 0. The molecule has 0 bridgehead atoms. The van der Waals surface area contributed by atoms with Gasteiger partial charge in [-0.2, -0.15) is 4.52 Å². The van der Waals surface area contributed by atoms with Crippen molar-refractivity contribution in [3.8, 4) is 0 Å². The Morgan fingerprint density at radius 2 is 2.04 bits per heavy atom. The van der Waals surface area contributed by atoms with Crippen molar-refractivity contribution in [2.75, 3.05) is 38.1 Å². The number of rotatable bonds is 5. The molecule has 1 atom stereocenters. The molecule has 2 aliphatic heterocycles. The summed E-state index contributed by atoms with van der Waals surface area (Å²) >= 11 is 0. The molecule has 144 valence electrons. The van der Waals surface area contributed by atoms with Crippen molar-refractivity contribution in [2.24, 2.45) is 0 Å². The zero-order chi connectivity index (χ0) is 18.5. The second-order valence-electron chi connectivity index (χ2n) is 8.30. The lowest BCUT2D eigenvalue weighted by Crippen LogP contribution is -2.60. The van der Waals surface area contributed by atoms with E-state index in [1.165, 1.54) is 12.8 Å². The van der Waals surface area contributed by atoms with Crippen LogP contribution in [-0.4, -0.2) is 80.8 Å². The van der Waals surface area contributed by atoms with E-state index >= 15 is 0 Å². The fourth-order valence-electron chi connectivity index (χ4n) is 4.40. The monoisotopic (exact) mass is 369 g/mol. The van der Waals surface area contributed by atoms with Gasteiger partial charge in [-0.3, -0.25) is 9.69 Å². The summed E-state index contributed by atoms with van der Waals surface area (Å²) < 4.78 is 1.92. The van der Waals surface area contributed by atoms with Crippen LogP contribution in [0.2, 0.25) is 0 Å². The molecule has 1 amide bonds. The molecule has 0 spiro atoms. The van der Waals surface area contributed by atoms with Crippen LogP contribution in [0.25, 0.3) is 5.65 Å². The first-order chi connectivity index (χ1) is 13.1. The third-order valence-electron chi connectivity index (χ3n) is 6.31. The van der Waals surface area contributed by atoms with Crippen LogP contribution in [0.15, 0.2) is 12.1 Å². The molecule has 27 heavy (non-hydrogen) atoms. The van der Waals surface area contributed by atoms with Crippen LogP contribution >= 0.6 is 0 Å². The van der Waals surface area contributed by atoms with Crippen LogP contribution in [0, 0.1) is 0 Å². The van der Waals surface area contributed by atoms with Gasteiger partial charge in [-0.25, -0.2) is 0 Å². The lowest BCUT2D eigenvalue weighted by molar-refractivity contribution is -0.130. The van der Waals surface area contributed by atoms with E-state index in [-0.39, 0.29) is 5.91 Å². The Morgan fingerprint density at radius 1 is 1.22 bits per heavy atom. The maximum absolute atomic E-state index is 11.8. The molecule has 0 radical (unpaired) electrons. The third-order valence-corrected chi connectivity index (χ3v) is 6.31. The zero-order valence-corrected chi connectivity index (χ0v) is 16.1. The summed E-state index contributed by atoms with van der Waals surface area (Å²) in [4.78, 5) is 18.5. The van der Waals surface area contributed by atoms with Gasteiger partial charge in [0.05, 0.1) is 0 Å². The molecule has 8 heteroatoms. The summed E-state index contributed by atoms with van der Waals surface area (Å²) in [5.41, 5.74) is 0.834. The Balaban J connectivity index is 1.22. The number of hydrogen-bond acceptors (Lipinski definition) is 6. The van der Waals surface area contributed by atoms with Gasteiger partial charge < -0.3 is 9.80 Å². The Labute approximate surface area is 159 Å². The third kappa shape index (κ3) is 3.05. The van der Waals surface area contributed by atoms with Crippen molar-refractivity contribution in [3.05, 3.63) is 18.0 Å². The molecule has 1 aliphatic carbocycles. The van der Waals surface area contributed by atoms with Crippen molar-refractivity contribution in [3.63, 3.8) is 0 Å². The SMILES string of the molecule is CC(=O)N1CCCC1CN(C)C1CN(c2ccc3nnc(C4CC4)n3n2)C1. The molecule has 0 aromatic carbocycles. The maximum Gasteiger partial charge on any atom is 0.219 e. The van der Waals surface area contributed by atoms with Crippen molar-refractivity contribution in [1.82, 2.24) is 29.6 Å². The normalized spacial score (nSPS) is 23.4. The van der Waals surface area contributed by atoms with Gasteiger partial charge in [0.2, 0.25) is 5.91 Å². The summed E-state index contributed by atoms with van der Waals surface area (Å²) in [5, 5.41) is 13.3. The number of carbonyl (C=O) groups excluding carboxylic acids is 1. The van der Waals surface area contributed by atoms with Gasteiger partial charge >= 0.3 is 0 Å². The number of fused-ring (bicyclic) bond motifs is 1. The highest BCUT2D eigenvalue weighted by Gasteiger charge is 2.35. The summed E-state index contributed by atoms with van der Waals surface area (Å²) in [7, 11) is 2.18. The Kier molecular flexibility index (Phi) is 4.03. The van der Waals surface area contributed by atoms with Crippen molar-refractivity contribution < 1.29 is 4.79 Å². The van der Waals surface area contributed by atoms with Crippen LogP contribution in [0.3, 0.4) is 0 Å². The predicted molar refractivity (Wildman–Crippen MR) is 102 cm³/mol. The molecule has 1 saturated carbocycles. The number of carbonyl (C=O) groups is 1. The van der Waals surface area contributed by atoms with Crippen LogP contribution in [-0.2, 0) is 4.79 Å². The lowest BCUT2D eigenvalue weighted by Gasteiger charge is -2.45. The number of likely N-dealkylation sites (tertiary alicyclic amines) is 1. The van der Waals surface area contributed by atoms with E-state index in [0.29, 0.717) is 18.0 Å². The van der Waals surface area contributed by atoms with Crippen molar-refractivity contribution in [1.29, 1.82) is 0 Å². The summed E-state index contributed by atoms with van der Waals surface area (Å²) in [5.74, 6) is 2.75. The standard InChI is InChI=1S/C19H27N7O/c1-13(27)25-9-3-4-15(25)10-23(2)16-11-24(12-16)18-8-7-17-20-21-19(14-5-6-14)26(17)22-18/h7-8,14-16H,3-6,9-12H2,1-2H3. The molecular formula is C19H27N7O. The van der Waals surface area contributed by atoms with E-state index in [4.69, 9.17) is 5.10 Å². The topological polar surface area (TPSA) is 69.9 Å². The Hall–Kier alpha value is -2.22. The van der Waals surface area contributed by atoms with Crippen LogP contribution in [0.4, 0.5) is 5.82 Å². The Bertz CT molecular complexity index is 855. The highest BCUT2D eigenvalue weighted by Crippen LogP contribution is 2.38. The van der Waals surface area contributed by atoms with E-state index in [9.17, 15) is 4.79 Å². The molecule has 2 aromatic rings. The maximum atomic E-state index is 11.8. The van der Waals surface area contributed by atoms with E-state index in [1.807, 2.05) is 21.5 Å². The van der Waals surface area contributed by atoms with E-state index in [2.05, 4.69) is 27.0 Å². The first-order valence-corrected chi connectivity index (χ1v) is 10.0. The molecule has 1 unspecified atom stereocenters. The number of amides is 1. The summed E-state index contributed by atoms with van der Waals surface area (Å²) in [6.45, 7) is 5.51. The molecule has 0 N–H and O–H groups in total. The molecule has 2 aromatic heterocycles. The molecule has 5 rings (SSSR count). The molecule has 8 nitrogen and oxygen atoms in total. The largest absolute Gasteiger partial charge is 0.352 e. The highest BCUT2D eigenvalue weighted by molar-refractivity contribution is 5.73.